The Morgan fingerprint density at radius 2 is 2.04 bits per heavy atom. The normalized spacial score (nSPS) is 12.2. The molecule has 136 valence electrons. The zero-order chi connectivity index (χ0) is 17.8. The molecule has 1 amide bonds. The Morgan fingerprint density at radius 1 is 1.25 bits per heavy atom. The van der Waals surface area contributed by atoms with E-state index in [9.17, 15) is 4.79 Å². The van der Waals surface area contributed by atoms with Crippen molar-refractivity contribution in [3.05, 3.63) is 29.3 Å². The van der Waals surface area contributed by atoms with Crippen molar-refractivity contribution >= 4 is 6.41 Å². The van der Waals surface area contributed by atoms with Gasteiger partial charge in [-0.05, 0) is 30.9 Å². The monoisotopic (exact) mass is 337 g/mol. The highest BCUT2D eigenvalue weighted by molar-refractivity contribution is 5.47. The van der Waals surface area contributed by atoms with E-state index in [2.05, 4.69) is 37.4 Å². The molecule has 0 heterocycles. The number of hydrogen-bond acceptors (Lipinski definition) is 4. The average molecular weight is 337 g/mol. The van der Waals surface area contributed by atoms with Crippen LogP contribution >= 0.6 is 0 Å². The molecule has 0 aromatic heterocycles. The Hall–Kier alpha value is -1.59. The molecular formula is C19H31NO4. The second kappa shape index (κ2) is 11.9. The van der Waals surface area contributed by atoms with Crippen LogP contribution in [0, 0.1) is 5.92 Å². The summed E-state index contributed by atoms with van der Waals surface area (Å²) < 4.78 is 16.5. The number of methoxy groups -OCH3 is 1. The summed E-state index contributed by atoms with van der Waals surface area (Å²) in [5, 5.41) is 2.90. The largest absolute Gasteiger partial charge is 0.493 e. The van der Waals surface area contributed by atoms with Gasteiger partial charge in [0.25, 0.3) is 0 Å². The molecule has 1 atom stereocenters. The molecule has 0 saturated heterocycles. The average Bonchev–Trinajstić information content (AvgIpc) is 2.57. The molecule has 5 nitrogen and oxygen atoms in total. The van der Waals surface area contributed by atoms with E-state index in [0.717, 1.165) is 36.1 Å². The summed E-state index contributed by atoms with van der Waals surface area (Å²) in [6.45, 7) is 8.68. The van der Waals surface area contributed by atoms with Crippen molar-refractivity contribution in [1.29, 1.82) is 0 Å². The molecule has 0 saturated carbocycles. The van der Waals surface area contributed by atoms with Crippen molar-refractivity contribution in [3.8, 4) is 5.75 Å². The number of carbonyl (C=O) groups excluding carboxylic acids is 1. The number of ether oxygens (including phenoxy) is 3. The molecule has 0 aliphatic rings. The summed E-state index contributed by atoms with van der Waals surface area (Å²) in [5.74, 6) is 1.22. The molecule has 0 bridgehead atoms. The summed E-state index contributed by atoms with van der Waals surface area (Å²) >= 11 is 0. The van der Waals surface area contributed by atoms with Crippen LogP contribution in [0.25, 0.3) is 0 Å². The molecule has 1 rings (SSSR count). The fraction of sp³-hybridized carbons (Fsp3) is 0.632. The van der Waals surface area contributed by atoms with E-state index < -0.39 is 0 Å². The highest BCUT2D eigenvalue weighted by Gasteiger charge is 2.14. The third-order valence-corrected chi connectivity index (χ3v) is 3.89. The van der Waals surface area contributed by atoms with E-state index in [1.807, 2.05) is 6.92 Å². The quantitative estimate of drug-likeness (QED) is 0.444. The van der Waals surface area contributed by atoms with Crippen LogP contribution in [0.2, 0.25) is 0 Å². The number of nitrogens with one attached hydrogen (secondary N) is 1. The number of rotatable bonds is 13. The lowest BCUT2D eigenvalue weighted by Crippen LogP contribution is -2.34. The Kier molecular flexibility index (Phi) is 10.1. The van der Waals surface area contributed by atoms with Gasteiger partial charge in [0.2, 0.25) is 6.41 Å². The van der Waals surface area contributed by atoms with Gasteiger partial charge >= 0.3 is 0 Å². The van der Waals surface area contributed by atoms with E-state index in [1.165, 1.54) is 0 Å². The topological polar surface area (TPSA) is 56.8 Å². The van der Waals surface area contributed by atoms with Gasteiger partial charge in [0.1, 0.15) is 5.75 Å². The number of benzene rings is 1. The molecule has 1 unspecified atom stereocenters. The minimum Gasteiger partial charge on any atom is -0.493 e. The van der Waals surface area contributed by atoms with Crippen LogP contribution in [0.1, 0.15) is 38.3 Å². The summed E-state index contributed by atoms with van der Waals surface area (Å²) in [4.78, 5) is 10.8. The Balaban J connectivity index is 2.83. The first-order valence-electron chi connectivity index (χ1n) is 8.63. The summed E-state index contributed by atoms with van der Waals surface area (Å²) in [5.41, 5.74) is 2.19. The zero-order valence-electron chi connectivity index (χ0n) is 15.3. The van der Waals surface area contributed by atoms with Gasteiger partial charge in [0.05, 0.1) is 13.2 Å². The Bertz CT molecular complexity index is 476. The first-order valence-corrected chi connectivity index (χ1v) is 8.63. The van der Waals surface area contributed by atoms with Gasteiger partial charge in [-0.1, -0.05) is 26.0 Å². The fourth-order valence-corrected chi connectivity index (χ4v) is 2.41. The van der Waals surface area contributed by atoms with Gasteiger partial charge in [-0.25, -0.2) is 0 Å². The van der Waals surface area contributed by atoms with Crippen molar-refractivity contribution in [2.24, 2.45) is 5.92 Å². The number of carbonyl (C=O) groups is 1. The second-order valence-electron chi connectivity index (χ2n) is 6.11. The maximum atomic E-state index is 10.8. The fourth-order valence-electron chi connectivity index (χ4n) is 2.41. The SMILES string of the molecule is CCOCc1ccc(CC(NC=O)C(C)C)cc1OCCCOC. The van der Waals surface area contributed by atoms with Gasteiger partial charge in [0, 0.05) is 38.3 Å². The lowest BCUT2D eigenvalue weighted by molar-refractivity contribution is -0.110. The summed E-state index contributed by atoms with van der Waals surface area (Å²) in [6.07, 6.45) is 2.39. The summed E-state index contributed by atoms with van der Waals surface area (Å²) in [7, 11) is 1.69. The molecular weight excluding hydrogens is 306 g/mol. The molecule has 5 heteroatoms. The van der Waals surface area contributed by atoms with E-state index in [-0.39, 0.29) is 6.04 Å². The zero-order valence-corrected chi connectivity index (χ0v) is 15.3. The van der Waals surface area contributed by atoms with Crippen molar-refractivity contribution < 1.29 is 19.0 Å². The van der Waals surface area contributed by atoms with Gasteiger partial charge in [0.15, 0.2) is 0 Å². The number of amides is 1. The van der Waals surface area contributed by atoms with Crippen molar-refractivity contribution in [3.63, 3.8) is 0 Å². The molecule has 0 aliphatic carbocycles. The molecule has 0 aliphatic heterocycles. The third-order valence-electron chi connectivity index (χ3n) is 3.89. The highest BCUT2D eigenvalue weighted by Crippen LogP contribution is 2.23. The van der Waals surface area contributed by atoms with E-state index in [1.54, 1.807) is 7.11 Å². The van der Waals surface area contributed by atoms with Crippen molar-refractivity contribution in [1.82, 2.24) is 5.32 Å². The van der Waals surface area contributed by atoms with Crippen LogP contribution in [0.3, 0.4) is 0 Å². The molecule has 1 aromatic rings. The van der Waals surface area contributed by atoms with Crippen LogP contribution < -0.4 is 10.1 Å². The van der Waals surface area contributed by atoms with Gasteiger partial charge in [-0.15, -0.1) is 0 Å². The smallest absolute Gasteiger partial charge is 0.207 e. The van der Waals surface area contributed by atoms with Crippen LogP contribution in [0.15, 0.2) is 18.2 Å². The number of hydrogen-bond donors (Lipinski definition) is 1. The Morgan fingerprint density at radius 3 is 2.67 bits per heavy atom. The van der Waals surface area contributed by atoms with Crippen LogP contribution in [0.5, 0.6) is 5.75 Å². The molecule has 0 radical (unpaired) electrons. The standard InChI is InChI=1S/C19H31NO4/c1-5-23-13-17-8-7-16(11-18(15(2)3)20-14-21)12-19(17)24-10-6-9-22-4/h7-8,12,14-15,18H,5-6,9-11,13H2,1-4H3,(H,20,21). The first-order chi connectivity index (χ1) is 11.6. The van der Waals surface area contributed by atoms with Gasteiger partial charge in [-0.3, -0.25) is 4.79 Å². The van der Waals surface area contributed by atoms with Crippen molar-refractivity contribution in [2.45, 2.75) is 46.3 Å². The lowest BCUT2D eigenvalue weighted by atomic mass is 9.96. The van der Waals surface area contributed by atoms with Crippen molar-refractivity contribution in [2.75, 3.05) is 26.9 Å². The van der Waals surface area contributed by atoms with Gasteiger partial charge < -0.3 is 19.5 Å². The van der Waals surface area contributed by atoms with Crippen LogP contribution in [-0.4, -0.2) is 39.4 Å². The van der Waals surface area contributed by atoms with E-state index in [0.29, 0.717) is 32.3 Å². The predicted octanol–water partition coefficient (Wildman–Crippen LogP) is 2.95. The minimum atomic E-state index is 0.113. The molecule has 0 fully saturated rings. The van der Waals surface area contributed by atoms with Crippen LogP contribution in [-0.2, 0) is 27.3 Å². The molecule has 24 heavy (non-hydrogen) atoms. The molecule has 1 aromatic carbocycles. The maximum absolute atomic E-state index is 10.8. The predicted molar refractivity (Wildman–Crippen MR) is 95.3 cm³/mol. The maximum Gasteiger partial charge on any atom is 0.207 e. The molecule has 0 spiro atoms. The summed E-state index contributed by atoms with van der Waals surface area (Å²) in [6, 6.07) is 6.30. The van der Waals surface area contributed by atoms with E-state index >= 15 is 0 Å². The second-order valence-corrected chi connectivity index (χ2v) is 6.11. The minimum absolute atomic E-state index is 0.113. The van der Waals surface area contributed by atoms with E-state index in [4.69, 9.17) is 14.2 Å². The Labute approximate surface area is 145 Å². The highest BCUT2D eigenvalue weighted by atomic mass is 16.5. The van der Waals surface area contributed by atoms with Crippen LogP contribution in [0.4, 0.5) is 0 Å². The van der Waals surface area contributed by atoms with Gasteiger partial charge in [-0.2, -0.15) is 0 Å². The first kappa shape index (κ1) is 20.5. The lowest BCUT2D eigenvalue weighted by Gasteiger charge is -2.21. The molecule has 1 N–H and O–H groups in total. The third kappa shape index (κ3) is 7.32.